The summed E-state index contributed by atoms with van der Waals surface area (Å²) in [5.41, 5.74) is 0. The van der Waals surface area contributed by atoms with Gasteiger partial charge in [-0.1, -0.05) is 18.2 Å². The van der Waals surface area contributed by atoms with E-state index in [4.69, 9.17) is 0 Å². The van der Waals surface area contributed by atoms with Gasteiger partial charge in [0, 0.05) is 0 Å². The largest absolute Gasteiger partial charge is 0.294 e. The first-order valence-corrected chi connectivity index (χ1v) is 2.59. The molecule has 0 aromatic rings. The van der Waals surface area contributed by atoms with Crippen molar-refractivity contribution in [2.75, 3.05) is 0 Å². The summed E-state index contributed by atoms with van der Waals surface area (Å²) < 4.78 is 0. The van der Waals surface area contributed by atoms with Crippen LogP contribution in [0.1, 0.15) is 6.92 Å². The zero-order valence-electron chi connectivity index (χ0n) is 5.20. The summed E-state index contributed by atoms with van der Waals surface area (Å²) in [6, 6.07) is 0. The fourth-order valence-electron chi connectivity index (χ4n) is 0.301. The first kappa shape index (κ1) is 7.82. The van der Waals surface area contributed by atoms with Gasteiger partial charge in [0.2, 0.25) is 5.78 Å². The van der Waals surface area contributed by atoms with Gasteiger partial charge in [0.1, 0.15) is 0 Å². The van der Waals surface area contributed by atoms with Crippen LogP contribution >= 0.6 is 0 Å². The molecule has 0 heterocycles. The summed E-state index contributed by atoms with van der Waals surface area (Å²) >= 11 is 0. The van der Waals surface area contributed by atoms with Crippen LogP contribution in [0, 0.1) is 0 Å². The van der Waals surface area contributed by atoms with Crippen LogP contribution < -0.4 is 0 Å². The van der Waals surface area contributed by atoms with E-state index < -0.39 is 5.78 Å². The molecule has 0 amide bonds. The minimum atomic E-state index is -0.506. The monoisotopic (exact) mass is 124 g/mol. The Morgan fingerprint density at radius 1 is 1.33 bits per heavy atom. The minimum absolute atomic E-state index is 0.278. The topological polar surface area (TPSA) is 34.1 Å². The van der Waals surface area contributed by atoms with Crippen LogP contribution in [0.3, 0.4) is 0 Å². The number of carbonyl (C=O) groups excluding carboxylic acids is 2. The third-order valence-electron chi connectivity index (χ3n) is 0.680. The van der Waals surface area contributed by atoms with E-state index in [2.05, 4.69) is 0 Å². The predicted octanol–water partition coefficient (Wildman–Crippen LogP) is 0.887. The maximum atomic E-state index is 10.2. The second-order valence-electron chi connectivity index (χ2n) is 1.41. The molecule has 9 heavy (non-hydrogen) atoms. The van der Waals surface area contributed by atoms with Crippen molar-refractivity contribution in [3.05, 3.63) is 24.3 Å². The molecule has 0 bridgehead atoms. The van der Waals surface area contributed by atoms with Crippen molar-refractivity contribution in [3.8, 4) is 0 Å². The van der Waals surface area contributed by atoms with E-state index >= 15 is 0 Å². The molecule has 0 spiro atoms. The molecular weight excluding hydrogens is 116 g/mol. The highest BCUT2D eigenvalue weighted by Gasteiger charge is 1.85. The van der Waals surface area contributed by atoms with E-state index in [0.717, 1.165) is 0 Å². The lowest BCUT2D eigenvalue weighted by Crippen LogP contribution is -1.90. The Bertz CT molecular complexity index is 154. The van der Waals surface area contributed by atoms with Crippen LogP contribution in [-0.4, -0.2) is 12.1 Å². The van der Waals surface area contributed by atoms with E-state index in [1.165, 1.54) is 12.2 Å². The highest BCUT2D eigenvalue weighted by atomic mass is 16.2. The van der Waals surface area contributed by atoms with Gasteiger partial charge in [0.25, 0.3) is 0 Å². The normalized spacial score (nSPS) is 10.8. The number of ketones is 1. The predicted molar refractivity (Wildman–Crippen MR) is 35.0 cm³/mol. The van der Waals surface area contributed by atoms with Crippen LogP contribution in [0.4, 0.5) is 0 Å². The Hall–Kier alpha value is -1.18. The van der Waals surface area contributed by atoms with Crippen molar-refractivity contribution in [2.45, 2.75) is 6.92 Å². The molecule has 0 aromatic heterocycles. The molecule has 2 nitrogen and oxygen atoms in total. The molecule has 0 aliphatic rings. The van der Waals surface area contributed by atoms with Crippen molar-refractivity contribution >= 4 is 12.1 Å². The van der Waals surface area contributed by atoms with Crippen molar-refractivity contribution in [1.82, 2.24) is 0 Å². The molecule has 0 radical (unpaired) electrons. The van der Waals surface area contributed by atoms with Crippen LogP contribution in [0.5, 0.6) is 0 Å². The fourth-order valence-corrected chi connectivity index (χ4v) is 0.301. The number of allylic oxidation sites excluding steroid dienone is 4. The molecule has 0 aromatic carbocycles. The molecule has 0 aliphatic carbocycles. The molecule has 0 saturated carbocycles. The average molecular weight is 124 g/mol. The molecule has 2 heteroatoms. The molecular formula is C7H8O2. The standard InChI is InChI=1S/C7H8O2/c1-2-3-4-5-7(9)6-8/h2-6H,1H3/b3-2+,5-4+. The van der Waals surface area contributed by atoms with Crippen molar-refractivity contribution < 1.29 is 9.59 Å². The van der Waals surface area contributed by atoms with Crippen molar-refractivity contribution in [3.63, 3.8) is 0 Å². The van der Waals surface area contributed by atoms with Crippen LogP contribution in [0.15, 0.2) is 24.3 Å². The van der Waals surface area contributed by atoms with Gasteiger partial charge in [-0.15, -0.1) is 0 Å². The summed E-state index contributed by atoms with van der Waals surface area (Å²) in [5, 5.41) is 0. The molecule has 0 N–H and O–H groups in total. The lowest BCUT2D eigenvalue weighted by Gasteiger charge is -1.71. The highest BCUT2D eigenvalue weighted by Crippen LogP contribution is 1.75. The van der Waals surface area contributed by atoms with Gasteiger partial charge in [-0.05, 0) is 13.0 Å². The Balaban J connectivity index is 3.70. The SMILES string of the molecule is C/C=C/C=C/C(=O)C=O. The maximum absolute atomic E-state index is 10.2. The summed E-state index contributed by atoms with van der Waals surface area (Å²) in [7, 11) is 0. The van der Waals surface area contributed by atoms with E-state index in [1.54, 1.807) is 12.2 Å². The van der Waals surface area contributed by atoms with Gasteiger partial charge >= 0.3 is 0 Å². The maximum Gasteiger partial charge on any atom is 0.218 e. The number of aldehydes is 1. The first-order chi connectivity index (χ1) is 4.31. The highest BCUT2D eigenvalue weighted by molar-refractivity contribution is 6.30. The smallest absolute Gasteiger partial charge is 0.218 e. The summed E-state index contributed by atoms with van der Waals surface area (Å²) in [6.07, 6.45) is 6.47. The lowest BCUT2D eigenvalue weighted by molar-refractivity contribution is -0.126. The second-order valence-corrected chi connectivity index (χ2v) is 1.41. The average Bonchev–Trinajstić information content (AvgIpc) is 1.89. The Kier molecular flexibility index (Phi) is 4.32. The molecule has 0 fully saturated rings. The van der Waals surface area contributed by atoms with Gasteiger partial charge in [-0.2, -0.15) is 0 Å². The fraction of sp³-hybridized carbons (Fsp3) is 0.143. The molecule has 0 atom stereocenters. The molecule has 0 rings (SSSR count). The van der Waals surface area contributed by atoms with E-state index in [0.29, 0.717) is 0 Å². The van der Waals surface area contributed by atoms with Gasteiger partial charge in [-0.3, -0.25) is 9.59 Å². The quantitative estimate of drug-likeness (QED) is 0.242. The molecule has 0 unspecified atom stereocenters. The Labute approximate surface area is 53.9 Å². The zero-order valence-corrected chi connectivity index (χ0v) is 5.20. The molecule has 0 saturated heterocycles. The Morgan fingerprint density at radius 2 is 2.00 bits per heavy atom. The Morgan fingerprint density at radius 3 is 2.44 bits per heavy atom. The third kappa shape index (κ3) is 4.68. The van der Waals surface area contributed by atoms with Crippen LogP contribution in [0.2, 0.25) is 0 Å². The molecule has 0 aliphatic heterocycles. The van der Waals surface area contributed by atoms with E-state index in [1.807, 2.05) is 6.92 Å². The zero-order chi connectivity index (χ0) is 7.11. The van der Waals surface area contributed by atoms with Crippen molar-refractivity contribution in [2.24, 2.45) is 0 Å². The van der Waals surface area contributed by atoms with Gasteiger partial charge < -0.3 is 0 Å². The number of carbonyl (C=O) groups is 2. The van der Waals surface area contributed by atoms with Gasteiger partial charge in [0.05, 0.1) is 0 Å². The van der Waals surface area contributed by atoms with Crippen molar-refractivity contribution in [1.29, 1.82) is 0 Å². The summed E-state index contributed by atoms with van der Waals surface area (Å²) in [5.74, 6) is -0.506. The summed E-state index contributed by atoms with van der Waals surface area (Å²) in [4.78, 5) is 19.9. The summed E-state index contributed by atoms with van der Waals surface area (Å²) in [6.45, 7) is 1.83. The second kappa shape index (κ2) is 4.97. The van der Waals surface area contributed by atoms with Crippen LogP contribution in [0.25, 0.3) is 0 Å². The van der Waals surface area contributed by atoms with Gasteiger partial charge in [-0.25, -0.2) is 0 Å². The molecule has 48 valence electrons. The third-order valence-corrected chi connectivity index (χ3v) is 0.680. The van der Waals surface area contributed by atoms with Crippen LogP contribution in [-0.2, 0) is 9.59 Å². The lowest BCUT2D eigenvalue weighted by atomic mass is 10.3. The minimum Gasteiger partial charge on any atom is -0.294 e. The van der Waals surface area contributed by atoms with Gasteiger partial charge in [0.15, 0.2) is 6.29 Å². The number of rotatable bonds is 3. The van der Waals surface area contributed by atoms with E-state index in [9.17, 15) is 9.59 Å². The first-order valence-electron chi connectivity index (χ1n) is 2.59. The number of hydrogen-bond acceptors (Lipinski definition) is 2. The van der Waals surface area contributed by atoms with E-state index in [-0.39, 0.29) is 6.29 Å². The number of hydrogen-bond donors (Lipinski definition) is 0.